The number of hydrogen-bond acceptors (Lipinski definition) is 1. The Morgan fingerprint density at radius 3 is 1.95 bits per heavy atom. The van der Waals surface area contributed by atoms with Crippen LogP contribution >= 0.6 is 0 Å². The Balaban J connectivity index is 1.49. The molecule has 0 heterocycles. The van der Waals surface area contributed by atoms with Crippen molar-refractivity contribution in [2.24, 2.45) is 46.3 Å². The lowest BCUT2D eigenvalue weighted by molar-refractivity contribution is -0.439. The zero-order valence-electron chi connectivity index (χ0n) is 24.3. The summed E-state index contributed by atoms with van der Waals surface area (Å²) < 4.78 is 175. The maximum Gasteiger partial charge on any atom is 0.460 e. The first-order valence-corrected chi connectivity index (χ1v) is 14.6. The van der Waals surface area contributed by atoms with Crippen LogP contribution in [0.3, 0.4) is 0 Å². The van der Waals surface area contributed by atoms with Gasteiger partial charge in [0.2, 0.25) is 0 Å². The standard InChI is InChI=1S/C30H35F13O/c1-16(7-6-13-25(31,32)26(33,34)27(35,36)28(37,38)29(39,40)30(41,42)43)18-9-10-19-17-15-22(44)21-8-4-5-12-23(21,2)20(17)11-14-24(18,19)3/h4-7,16-21H,8-15H2,1-3H3/b7-6+/t16-,17+,18-,19+,20+,21-,23-,24-/m1/s1. The van der Waals surface area contributed by atoms with Crippen molar-refractivity contribution in [2.45, 2.75) is 108 Å². The predicted octanol–water partition coefficient (Wildman–Crippen LogP) is 10.3. The molecule has 0 saturated heterocycles. The smallest absolute Gasteiger partial charge is 0.299 e. The number of allylic oxidation sites excluding steroid dienone is 4. The summed E-state index contributed by atoms with van der Waals surface area (Å²) in [4.78, 5) is 13.2. The Bertz CT molecular complexity index is 1170. The molecule has 0 radical (unpaired) electrons. The molecule has 14 heteroatoms. The fourth-order valence-corrected chi connectivity index (χ4v) is 9.05. The summed E-state index contributed by atoms with van der Waals surface area (Å²) >= 11 is 0. The first-order chi connectivity index (χ1) is 19.8. The van der Waals surface area contributed by atoms with Crippen LogP contribution in [0.1, 0.15) is 72.1 Å². The van der Waals surface area contributed by atoms with Crippen molar-refractivity contribution in [1.29, 1.82) is 0 Å². The van der Waals surface area contributed by atoms with E-state index in [0.29, 0.717) is 37.7 Å². The van der Waals surface area contributed by atoms with E-state index >= 15 is 0 Å². The van der Waals surface area contributed by atoms with Gasteiger partial charge in [0.05, 0.1) is 0 Å². The lowest BCUT2D eigenvalue weighted by atomic mass is 9.45. The van der Waals surface area contributed by atoms with Gasteiger partial charge in [0.25, 0.3) is 0 Å². The highest BCUT2D eigenvalue weighted by Crippen LogP contribution is 2.67. The number of hydrogen-bond donors (Lipinski definition) is 0. The first-order valence-electron chi connectivity index (χ1n) is 14.6. The van der Waals surface area contributed by atoms with Crippen molar-refractivity contribution in [2.75, 3.05) is 0 Å². The molecule has 0 amide bonds. The summed E-state index contributed by atoms with van der Waals surface area (Å²) in [5, 5.41) is 0. The summed E-state index contributed by atoms with van der Waals surface area (Å²) in [6.45, 7) is 5.75. The van der Waals surface area contributed by atoms with Crippen molar-refractivity contribution >= 4 is 5.78 Å². The van der Waals surface area contributed by atoms with E-state index in [9.17, 15) is 61.9 Å². The van der Waals surface area contributed by atoms with Crippen LogP contribution in [0.25, 0.3) is 0 Å². The maximum absolute atomic E-state index is 14.3. The molecule has 252 valence electrons. The van der Waals surface area contributed by atoms with E-state index in [1.807, 2.05) is 13.0 Å². The maximum atomic E-state index is 14.3. The van der Waals surface area contributed by atoms with Gasteiger partial charge in [-0.15, -0.1) is 0 Å². The van der Waals surface area contributed by atoms with Crippen LogP contribution in [0.4, 0.5) is 57.1 Å². The number of ketones is 1. The zero-order valence-corrected chi connectivity index (χ0v) is 24.3. The molecule has 4 rings (SSSR count). The third kappa shape index (κ3) is 4.83. The number of carbonyl (C=O) groups excluding carboxylic acids is 1. The third-order valence-corrected chi connectivity index (χ3v) is 11.5. The van der Waals surface area contributed by atoms with Gasteiger partial charge in [-0.3, -0.25) is 4.79 Å². The van der Waals surface area contributed by atoms with Gasteiger partial charge >= 0.3 is 35.8 Å². The van der Waals surface area contributed by atoms with Crippen molar-refractivity contribution in [1.82, 2.24) is 0 Å². The van der Waals surface area contributed by atoms with Crippen LogP contribution in [0.5, 0.6) is 0 Å². The molecule has 0 unspecified atom stereocenters. The molecule has 4 aliphatic carbocycles. The SMILES string of the molecule is C[C@H](/C=C/CC(F)(F)C(F)(F)C(F)(F)C(F)(F)C(F)(F)C(F)(F)F)[C@H]1CC[C@H]2[C@@H]3CC(=O)[C@H]4CC=CC[C@]4(C)[C@H]3CC[C@]12C. The van der Waals surface area contributed by atoms with Crippen LogP contribution < -0.4 is 0 Å². The van der Waals surface area contributed by atoms with E-state index < -0.39 is 48.1 Å². The second-order valence-electron chi connectivity index (χ2n) is 13.7. The highest BCUT2D eigenvalue weighted by atomic mass is 19.4. The van der Waals surface area contributed by atoms with E-state index in [1.54, 1.807) is 6.92 Å². The molecular weight excluding hydrogens is 623 g/mol. The van der Waals surface area contributed by atoms with E-state index in [4.69, 9.17) is 0 Å². The molecular formula is C30H35F13O. The van der Waals surface area contributed by atoms with Gasteiger partial charge in [-0.25, -0.2) is 0 Å². The van der Waals surface area contributed by atoms with Gasteiger partial charge in [-0.1, -0.05) is 45.1 Å². The molecule has 0 spiro atoms. The van der Waals surface area contributed by atoms with E-state index in [1.165, 1.54) is 0 Å². The van der Waals surface area contributed by atoms with Gasteiger partial charge in [0, 0.05) is 18.8 Å². The molecule has 0 aromatic heterocycles. The molecule has 0 aliphatic heterocycles. The second kappa shape index (κ2) is 10.6. The average Bonchev–Trinajstić information content (AvgIpc) is 3.25. The quantitative estimate of drug-likeness (QED) is 0.187. The van der Waals surface area contributed by atoms with Crippen molar-refractivity contribution < 1.29 is 61.9 Å². The topological polar surface area (TPSA) is 17.1 Å². The lowest BCUT2D eigenvalue weighted by Gasteiger charge is -2.59. The molecule has 8 atom stereocenters. The second-order valence-corrected chi connectivity index (χ2v) is 13.7. The largest absolute Gasteiger partial charge is 0.460 e. The van der Waals surface area contributed by atoms with E-state index in [0.717, 1.165) is 25.3 Å². The van der Waals surface area contributed by atoms with E-state index in [2.05, 4.69) is 13.0 Å². The molecule has 4 aliphatic rings. The number of fused-ring (bicyclic) bond motifs is 5. The minimum atomic E-state index is -7.89. The Hall–Kier alpha value is -1.76. The minimum Gasteiger partial charge on any atom is -0.299 e. The molecule has 3 fully saturated rings. The average molecular weight is 659 g/mol. The lowest BCUT2D eigenvalue weighted by Crippen LogP contribution is -2.70. The Kier molecular flexibility index (Phi) is 8.48. The molecule has 0 N–H and O–H groups in total. The number of alkyl halides is 13. The van der Waals surface area contributed by atoms with Crippen LogP contribution in [0, 0.1) is 46.3 Å². The van der Waals surface area contributed by atoms with Gasteiger partial charge in [-0.05, 0) is 78.9 Å². The Morgan fingerprint density at radius 2 is 1.36 bits per heavy atom. The summed E-state index contributed by atoms with van der Waals surface area (Å²) in [7, 11) is 0. The normalized spacial score (nSPS) is 36.3. The van der Waals surface area contributed by atoms with Crippen molar-refractivity contribution in [3.63, 3.8) is 0 Å². The van der Waals surface area contributed by atoms with Crippen molar-refractivity contribution in [3.05, 3.63) is 24.3 Å². The number of halogens is 13. The zero-order chi connectivity index (χ0) is 33.5. The van der Waals surface area contributed by atoms with Crippen molar-refractivity contribution in [3.8, 4) is 0 Å². The van der Waals surface area contributed by atoms with E-state index in [-0.39, 0.29) is 40.3 Å². The Morgan fingerprint density at radius 1 is 0.795 bits per heavy atom. The first kappa shape index (κ1) is 35.1. The molecule has 44 heavy (non-hydrogen) atoms. The van der Waals surface area contributed by atoms with Gasteiger partial charge in [0.1, 0.15) is 5.78 Å². The summed E-state index contributed by atoms with van der Waals surface area (Å²) in [6.07, 6.45) is 0.538. The summed E-state index contributed by atoms with van der Waals surface area (Å²) in [5.41, 5.74) is -0.553. The van der Waals surface area contributed by atoms with Crippen LogP contribution in [0.2, 0.25) is 0 Å². The monoisotopic (exact) mass is 658 g/mol. The molecule has 3 saturated carbocycles. The molecule has 0 aromatic rings. The van der Waals surface area contributed by atoms with Crippen LogP contribution in [-0.4, -0.2) is 41.6 Å². The minimum absolute atomic E-state index is 0.0519. The number of rotatable bonds is 8. The highest BCUT2D eigenvalue weighted by Gasteiger charge is 2.90. The molecule has 1 nitrogen and oxygen atoms in total. The summed E-state index contributed by atoms with van der Waals surface area (Å²) in [6, 6.07) is 0. The highest BCUT2D eigenvalue weighted by molar-refractivity contribution is 5.83. The number of Topliss-reactive ketones (excluding diaryl/α,β-unsaturated/α-hetero) is 1. The fraction of sp³-hybridized carbons (Fsp3) is 0.833. The van der Waals surface area contributed by atoms with Crippen LogP contribution in [0.15, 0.2) is 24.3 Å². The summed E-state index contributed by atoms with van der Waals surface area (Å²) in [5.74, 6) is -36.9. The fourth-order valence-electron chi connectivity index (χ4n) is 9.05. The Labute approximate surface area is 246 Å². The van der Waals surface area contributed by atoms with Gasteiger partial charge in [0.15, 0.2) is 0 Å². The molecule has 0 bridgehead atoms. The predicted molar refractivity (Wildman–Crippen MR) is 134 cm³/mol. The van der Waals surface area contributed by atoms with Gasteiger partial charge < -0.3 is 0 Å². The van der Waals surface area contributed by atoms with Gasteiger partial charge in [-0.2, -0.15) is 57.1 Å². The van der Waals surface area contributed by atoms with Crippen LogP contribution in [-0.2, 0) is 4.79 Å². The third-order valence-electron chi connectivity index (χ3n) is 11.5. The number of carbonyl (C=O) groups is 1. The molecule has 0 aromatic carbocycles.